The van der Waals surface area contributed by atoms with Crippen LogP contribution >= 0.6 is 11.8 Å². The molecule has 0 aromatic rings. The van der Waals surface area contributed by atoms with E-state index in [4.69, 9.17) is 0 Å². The van der Waals surface area contributed by atoms with Crippen LogP contribution in [0, 0.1) is 0 Å². The average Bonchev–Trinajstić information content (AvgIpc) is 2.76. The Morgan fingerprint density at radius 2 is 2.00 bits per heavy atom. The molecule has 0 radical (unpaired) electrons. The van der Waals surface area contributed by atoms with Gasteiger partial charge in [-0.15, -0.1) is 0 Å². The molecule has 100 valence electrons. The van der Waals surface area contributed by atoms with Crippen LogP contribution < -0.4 is 16.0 Å². The van der Waals surface area contributed by atoms with E-state index in [0.29, 0.717) is 23.8 Å². The van der Waals surface area contributed by atoms with Gasteiger partial charge in [0.15, 0.2) is 0 Å². The van der Waals surface area contributed by atoms with Crippen LogP contribution in [0.3, 0.4) is 0 Å². The number of thioether (sulfide) groups is 1. The van der Waals surface area contributed by atoms with Crippen LogP contribution in [-0.2, 0) is 4.79 Å². The van der Waals surface area contributed by atoms with Crippen molar-refractivity contribution in [1.29, 1.82) is 0 Å². The standard InChI is InChI=1S/C12H25N3OS/c1-13-9-8-17-10(12(9)15-3)6-4-5-7-11(16)14-2/h9-10,12-13,15H,4-8H2,1-3H3,(H,14,16). The fourth-order valence-electron chi connectivity index (χ4n) is 2.36. The molecule has 0 aliphatic carbocycles. The lowest BCUT2D eigenvalue weighted by molar-refractivity contribution is -0.120. The topological polar surface area (TPSA) is 53.2 Å². The number of rotatable bonds is 7. The first kappa shape index (κ1) is 14.8. The minimum atomic E-state index is 0.155. The van der Waals surface area contributed by atoms with Crippen LogP contribution in [0.2, 0.25) is 0 Å². The average molecular weight is 259 g/mol. The molecule has 1 aliphatic rings. The molecule has 1 aliphatic heterocycles. The molecule has 0 bridgehead atoms. The van der Waals surface area contributed by atoms with E-state index in [0.717, 1.165) is 12.8 Å². The summed E-state index contributed by atoms with van der Waals surface area (Å²) in [7, 11) is 5.77. The molecule has 3 atom stereocenters. The third-order valence-corrected chi connectivity index (χ3v) is 4.96. The lowest BCUT2D eigenvalue weighted by Gasteiger charge is -2.23. The van der Waals surface area contributed by atoms with Gasteiger partial charge >= 0.3 is 0 Å². The van der Waals surface area contributed by atoms with Gasteiger partial charge in [0.1, 0.15) is 0 Å². The highest BCUT2D eigenvalue weighted by Crippen LogP contribution is 2.30. The van der Waals surface area contributed by atoms with Crippen molar-refractivity contribution in [1.82, 2.24) is 16.0 Å². The van der Waals surface area contributed by atoms with Crippen molar-refractivity contribution in [3.05, 3.63) is 0 Å². The second kappa shape index (κ2) is 7.95. The molecule has 1 heterocycles. The van der Waals surface area contributed by atoms with E-state index >= 15 is 0 Å². The van der Waals surface area contributed by atoms with Gasteiger partial charge in [0.2, 0.25) is 5.91 Å². The fraction of sp³-hybridized carbons (Fsp3) is 0.917. The van der Waals surface area contributed by atoms with Crippen molar-refractivity contribution in [2.75, 3.05) is 26.9 Å². The van der Waals surface area contributed by atoms with E-state index in [1.165, 1.54) is 12.2 Å². The lowest BCUT2D eigenvalue weighted by atomic mass is 10.0. The third-order valence-electron chi connectivity index (χ3n) is 3.45. The normalized spacial score (nSPS) is 28.3. The number of amides is 1. The summed E-state index contributed by atoms with van der Waals surface area (Å²) in [5.41, 5.74) is 0. The van der Waals surface area contributed by atoms with Crippen LogP contribution in [0.25, 0.3) is 0 Å². The van der Waals surface area contributed by atoms with Gasteiger partial charge in [-0.1, -0.05) is 6.42 Å². The highest BCUT2D eigenvalue weighted by atomic mass is 32.2. The van der Waals surface area contributed by atoms with Crippen LogP contribution in [0.1, 0.15) is 25.7 Å². The van der Waals surface area contributed by atoms with Crippen molar-refractivity contribution >= 4 is 17.7 Å². The monoisotopic (exact) mass is 259 g/mol. The Kier molecular flexibility index (Phi) is 6.92. The molecule has 3 N–H and O–H groups in total. The first-order chi connectivity index (χ1) is 8.22. The van der Waals surface area contributed by atoms with E-state index < -0.39 is 0 Å². The maximum atomic E-state index is 11.1. The molecule has 17 heavy (non-hydrogen) atoms. The molecule has 1 amide bonds. The summed E-state index contributed by atoms with van der Waals surface area (Å²) in [5, 5.41) is 10.1. The molecule has 3 unspecified atom stereocenters. The minimum absolute atomic E-state index is 0.155. The molecule has 1 rings (SSSR count). The van der Waals surface area contributed by atoms with Crippen LogP contribution in [0.5, 0.6) is 0 Å². The van der Waals surface area contributed by atoms with Crippen molar-refractivity contribution in [3.63, 3.8) is 0 Å². The lowest BCUT2D eigenvalue weighted by Crippen LogP contribution is -2.47. The number of nitrogens with one attached hydrogen (secondary N) is 3. The number of hydrogen-bond donors (Lipinski definition) is 3. The zero-order valence-electron chi connectivity index (χ0n) is 11.1. The molecule has 0 saturated carbocycles. The number of likely N-dealkylation sites (N-methyl/N-ethyl adjacent to an activating group) is 2. The molecule has 4 nitrogen and oxygen atoms in total. The van der Waals surface area contributed by atoms with E-state index in [2.05, 4.69) is 16.0 Å². The smallest absolute Gasteiger partial charge is 0.219 e. The van der Waals surface area contributed by atoms with Crippen molar-refractivity contribution in [2.24, 2.45) is 0 Å². The highest BCUT2D eigenvalue weighted by molar-refractivity contribution is 8.00. The van der Waals surface area contributed by atoms with E-state index in [1.807, 2.05) is 25.9 Å². The van der Waals surface area contributed by atoms with Gasteiger partial charge in [0, 0.05) is 36.6 Å². The molecule has 1 fully saturated rings. The number of carbonyl (C=O) groups is 1. The summed E-state index contributed by atoms with van der Waals surface area (Å²) < 4.78 is 0. The van der Waals surface area contributed by atoms with Gasteiger partial charge in [0.25, 0.3) is 0 Å². The van der Waals surface area contributed by atoms with Gasteiger partial charge in [-0.25, -0.2) is 0 Å². The van der Waals surface area contributed by atoms with Crippen LogP contribution in [0.4, 0.5) is 0 Å². The third kappa shape index (κ3) is 4.48. The molecular weight excluding hydrogens is 234 g/mol. The Morgan fingerprint density at radius 1 is 1.24 bits per heavy atom. The quantitative estimate of drug-likeness (QED) is 0.586. The van der Waals surface area contributed by atoms with Gasteiger partial charge in [-0.2, -0.15) is 11.8 Å². The highest BCUT2D eigenvalue weighted by Gasteiger charge is 2.34. The second-order valence-electron chi connectivity index (χ2n) is 4.50. The van der Waals surface area contributed by atoms with Gasteiger partial charge in [0.05, 0.1) is 0 Å². The number of unbranched alkanes of at least 4 members (excludes halogenated alkanes) is 1. The van der Waals surface area contributed by atoms with E-state index in [9.17, 15) is 4.79 Å². The molecule has 0 aromatic carbocycles. The van der Waals surface area contributed by atoms with Crippen LogP contribution in [-0.4, -0.2) is 50.1 Å². The van der Waals surface area contributed by atoms with E-state index in [-0.39, 0.29) is 5.91 Å². The zero-order chi connectivity index (χ0) is 12.7. The summed E-state index contributed by atoms with van der Waals surface area (Å²) in [6.07, 6.45) is 4.00. The SMILES string of the molecule is CNC(=O)CCCCC1SCC(NC)C1NC. The van der Waals surface area contributed by atoms with Crippen molar-refractivity contribution < 1.29 is 4.79 Å². The summed E-state index contributed by atoms with van der Waals surface area (Å²) in [6, 6.07) is 1.14. The zero-order valence-corrected chi connectivity index (χ0v) is 11.9. The van der Waals surface area contributed by atoms with Gasteiger partial charge in [-0.05, 0) is 26.9 Å². The predicted octanol–water partition coefficient (Wildman–Crippen LogP) is 0.584. The minimum Gasteiger partial charge on any atom is -0.359 e. The Morgan fingerprint density at radius 3 is 2.59 bits per heavy atom. The Hall–Kier alpha value is -0.260. The largest absolute Gasteiger partial charge is 0.359 e. The van der Waals surface area contributed by atoms with Gasteiger partial charge in [-0.3, -0.25) is 4.79 Å². The van der Waals surface area contributed by atoms with Crippen molar-refractivity contribution in [2.45, 2.75) is 43.0 Å². The maximum absolute atomic E-state index is 11.1. The second-order valence-corrected chi connectivity index (χ2v) is 5.77. The Balaban J connectivity index is 2.20. The Labute approximate surface area is 109 Å². The predicted molar refractivity (Wildman–Crippen MR) is 74.5 cm³/mol. The summed E-state index contributed by atoms with van der Waals surface area (Å²) in [5.74, 6) is 1.34. The van der Waals surface area contributed by atoms with Gasteiger partial charge < -0.3 is 16.0 Å². The summed E-state index contributed by atoms with van der Waals surface area (Å²) in [6.45, 7) is 0. The number of hydrogen-bond acceptors (Lipinski definition) is 4. The molecule has 5 heteroatoms. The maximum Gasteiger partial charge on any atom is 0.219 e. The molecule has 0 spiro atoms. The van der Waals surface area contributed by atoms with Crippen LogP contribution in [0.15, 0.2) is 0 Å². The first-order valence-corrected chi connectivity index (χ1v) is 7.44. The molecule has 0 aromatic heterocycles. The first-order valence-electron chi connectivity index (χ1n) is 6.39. The summed E-state index contributed by atoms with van der Waals surface area (Å²) in [4.78, 5) is 11.1. The molecular formula is C12H25N3OS. The molecule has 1 saturated heterocycles. The Bertz CT molecular complexity index is 238. The summed E-state index contributed by atoms with van der Waals surface area (Å²) >= 11 is 2.05. The van der Waals surface area contributed by atoms with Crippen molar-refractivity contribution in [3.8, 4) is 0 Å². The number of carbonyl (C=O) groups excluding carboxylic acids is 1. The fourth-order valence-corrected chi connectivity index (χ4v) is 4.06. The van der Waals surface area contributed by atoms with E-state index in [1.54, 1.807) is 7.05 Å².